The molecular weight excluding hydrogens is 150 g/mol. The Morgan fingerprint density at radius 2 is 2.00 bits per heavy atom. The van der Waals surface area contributed by atoms with E-state index in [9.17, 15) is 0 Å². The summed E-state index contributed by atoms with van der Waals surface area (Å²) in [6.07, 6.45) is 4.21. The van der Waals surface area contributed by atoms with Gasteiger partial charge in [0.2, 0.25) is 0 Å². The first-order valence-electron chi connectivity index (χ1n) is 4.95. The van der Waals surface area contributed by atoms with Gasteiger partial charge in [-0.2, -0.15) is 0 Å². The second-order valence-corrected chi connectivity index (χ2v) is 4.72. The van der Waals surface area contributed by atoms with Crippen LogP contribution in [0.5, 0.6) is 0 Å². The van der Waals surface area contributed by atoms with Crippen LogP contribution in [0, 0.1) is 10.8 Å². The van der Waals surface area contributed by atoms with E-state index in [1.807, 2.05) is 0 Å². The van der Waals surface area contributed by atoms with E-state index in [4.69, 9.17) is 4.74 Å². The molecule has 0 amide bonds. The quantitative estimate of drug-likeness (QED) is 0.689. The Morgan fingerprint density at radius 1 is 1.33 bits per heavy atom. The number of hydrogen-bond donors (Lipinski definition) is 1. The molecule has 1 N–H and O–H groups in total. The molecule has 0 aromatic carbocycles. The van der Waals surface area contributed by atoms with Gasteiger partial charge in [-0.1, -0.05) is 13.3 Å². The zero-order chi connectivity index (χ0) is 8.66. The SMILES string of the molecule is CNCC1(C2(C)COC2)CCC1. The van der Waals surface area contributed by atoms with Crippen LogP contribution >= 0.6 is 0 Å². The lowest BCUT2D eigenvalue weighted by Gasteiger charge is -2.58. The standard InChI is InChI=1S/C10H19NO/c1-9(7-12-8-9)10(6-11-2)4-3-5-10/h11H,3-8H2,1-2H3. The molecule has 12 heavy (non-hydrogen) atoms. The number of hydrogen-bond acceptors (Lipinski definition) is 2. The predicted octanol–water partition coefficient (Wildman–Crippen LogP) is 1.41. The average Bonchev–Trinajstić information content (AvgIpc) is 1.92. The third kappa shape index (κ3) is 0.944. The second-order valence-electron chi connectivity index (χ2n) is 4.72. The third-order valence-electron chi connectivity index (χ3n) is 3.95. The molecule has 1 aliphatic carbocycles. The minimum atomic E-state index is 0.480. The normalized spacial score (nSPS) is 30.5. The molecule has 2 aliphatic rings. The summed E-state index contributed by atoms with van der Waals surface area (Å²) in [5.41, 5.74) is 1.05. The Hall–Kier alpha value is -0.0800. The molecule has 0 aromatic heterocycles. The fourth-order valence-electron chi connectivity index (χ4n) is 2.65. The van der Waals surface area contributed by atoms with Gasteiger partial charge in [-0.15, -0.1) is 0 Å². The van der Waals surface area contributed by atoms with Gasteiger partial charge in [0.25, 0.3) is 0 Å². The molecule has 0 bridgehead atoms. The summed E-state index contributed by atoms with van der Waals surface area (Å²) >= 11 is 0. The zero-order valence-corrected chi connectivity index (χ0v) is 8.15. The lowest BCUT2D eigenvalue weighted by Crippen LogP contribution is -2.59. The van der Waals surface area contributed by atoms with Crippen molar-refractivity contribution < 1.29 is 4.74 Å². The summed E-state index contributed by atoms with van der Waals surface area (Å²) in [4.78, 5) is 0. The maximum atomic E-state index is 5.34. The first-order chi connectivity index (χ1) is 5.72. The van der Waals surface area contributed by atoms with E-state index in [0.717, 1.165) is 13.2 Å². The molecule has 70 valence electrons. The molecule has 2 fully saturated rings. The molecule has 0 atom stereocenters. The van der Waals surface area contributed by atoms with E-state index >= 15 is 0 Å². The van der Waals surface area contributed by atoms with E-state index in [-0.39, 0.29) is 0 Å². The Bertz CT molecular complexity index is 171. The zero-order valence-electron chi connectivity index (χ0n) is 8.15. The van der Waals surface area contributed by atoms with Crippen molar-refractivity contribution in [2.75, 3.05) is 26.8 Å². The maximum Gasteiger partial charge on any atom is 0.0547 e. The smallest absolute Gasteiger partial charge is 0.0547 e. The molecule has 0 aromatic rings. The van der Waals surface area contributed by atoms with Gasteiger partial charge >= 0.3 is 0 Å². The van der Waals surface area contributed by atoms with Crippen LogP contribution in [0.3, 0.4) is 0 Å². The van der Waals surface area contributed by atoms with Gasteiger partial charge in [0.1, 0.15) is 0 Å². The van der Waals surface area contributed by atoms with Crippen LogP contribution in [0.2, 0.25) is 0 Å². The van der Waals surface area contributed by atoms with E-state index in [0.29, 0.717) is 10.8 Å². The molecule has 1 heterocycles. The number of ether oxygens (including phenoxy) is 1. The third-order valence-corrected chi connectivity index (χ3v) is 3.95. The Kier molecular flexibility index (Phi) is 1.92. The number of nitrogens with one attached hydrogen (secondary N) is 1. The summed E-state index contributed by atoms with van der Waals surface area (Å²) in [7, 11) is 2.06. The minimum Gasteiger partial charge on any atom is -0.380 e. The monoisotopic (exact) mass is 169 g/mol. The lowest BCUT2D eigenvalue weighted by molar-refractivity contribution is -0.198. The van der Waals surface area contributed by atoms with Crippen molar-refractivity contribution in [2.24, 2.45) is 10.8 Å². The van der Waals surface area contributed by atoms with Crippen LogP contribution < -0.4 is 5.32 Å². The molecule has 2 rings (SSSR count). The van der Waals surface area contributed by atoms with Crippen LogP contribution in [-0.2, 0) is 4.74 Å². The van der Waals surface area contributed by atoms with E-state index in [2.05, 4.69) is 19.3 Å². The molecule has 2 heteroatoms. The highest BCUT2D eigenvalue weighted by atomic mass is 16.5. The van der Waals surface area contributed by atoms with Crippen LogP contribution in [0.15, 0.2) is 0 Å². The molecule has 0 spiro atoms. The first kappa shape index (κ1) is 8.52. The van der Waals surface area contributed by atoms with Crippen LogP contribution in [0.25, 0.3) is 0 Å². The Labute approximate surface area is 74.7 Å². The summed E-state index contributed by atoms with van der Waals surface area (Å²) in [6.45, 7) is 5.52. The molecule has 2 nitrogen and oxygen atoms in total. The first-order valence-corrected chi connectivity index (χ1v) is 4.95. The van der Waals surface area contributed by atoms with E-state index in [1.165, 1.54) is 25.8 Å². The fourth-order valence-corrected chi connectivity index (χ4v) is 2.65. The van der Waals surface area contributed by atoms with E-state index in [1.54, 1.807) is 0 Å². The van der Waals surface area contributed by atoms with Crippen molar-refractivity contribution in [3.8, 4) is 0 Å². The molecule has 1 aliphatic heterocycles. The van der Waals surface area contributed by atoms with Gasteiger partial charge < -0.3 is 10.1 Å². The average molecular weight is 169 g/mol. The summed E-state index contributed by atoms with van der Waals surface area (Å²) in [5.74, 6) is 0. The van der Waals surface area contributed by atoms with Crippen LogP contribution in [0.1, 0.15) is 26.2 Å². The Balaban J connectivity index is 2.05. The highest BCUT2D eigenvalue weighted by Crippen LogP contribution is 2.56. The van der Waals surface area contributed by atoms with Gasteiger partial charge in [-0.25, -0.2) is 0 Å². The van der Waals surface area contributed by atoms with Gasteiger partial charge in [-0.05, 0) is 25.3 Å². The van der Waals surface area contributed by atoms with Crippen molar-refractivity contribution in [1.82, 2.24) is 5.32 Å². The van der Waals surface area contributed by atoms with Gasteiger partial charge in [-0.3, -0.25) is 0 Å². The summed E-state index contributed by atoms with van der Waals surface area (Å²) in [5, 5.41) is 3.33. The summed E-state index contributed by atoms with van der Waals surface area (Å²) in [6, 6.07) is 0. The largest absolute Gasteiger partial charge is 0.380 e. The Morgan fingerprint density at radius 3 is 2.25 bits per heavy atom. The molecule has 1 saturated heterocycles. The highest BCUT2D eigenvalue weighted by molar-refractivity contribution is 5.04. The van der Waals surface area contributed by atoms with E-state index < -0.39 is 0 Å². The molecule has 1 saturated carbocycles. The van der Waals surface area contributed by atoms with Crippen LogP contribution in [0.4, 0.5) is 0 Å². The molecular formula is C10H19NO. The van der Waals surface area contributed by atoms with Crippen molar-refractivity contribution in [1.29, 1.82) is 0 Å². The fraction of sp³-hybridized carbons (Fsp3) is 1.00. The molecule has 0 radical (unpaired) electrons. The van der Waals surface area contributed by atoms with Gasteiger partial charge in [0.15, 0.2) is 0 Å². The topological polar surface area (TPSA) is 21.3 Å². The van der Waals surface area contributed by atoms with Crippen molar-refractivity contribution in [3.63, 3.8) is 0 Å². The van der Waals surface area contributed by atoms with Gasteiger partial charge in [0.05, 0.1) is 13.2 Å². The van der Waals surface area contributed by atoms with Crippen molar-refractivity contribution in [2.45, 2.75) is 26.2 Å². The van der Waals surface area contributed by atoms with Crippen molar-refractivity contribution >= 4 is 0 Å². The number of rotatable bonds is 3. The molecule has 0 unspecified atom stereocenters. The maximum absolute atomic E-state index is 5.34. The predicted molar refractivity (Wildman–Crippen MR) is 49.1 cm³/mol. The second kappa shape index (κ2) is 2.71. The highest BCUT2D eigenvalue weighted by Gasteiger charge is 2.55. The summed E-state index contributed by atoms with van der Waals surface area (Å²) < 4.78 is 5.34. The van der Waals surface area contributed by atoms with Gasteiger partial charge in [0, 0.05) is 12.0 Å². The van der Waals surface area contributed by atoms with Crippen LogP contribution in [-0.4, -0.2) is 26.8 Å². The van der Waals surface area contributed by atoms with Crippen molar-refractivity contribution in [3.05, 3.63) is 0 Å². The lowest BCUT2D eigenvalue weighted by atomic mass is 9.52. The minimum absolute atomic E-state index is 0.480.